The predicted octanol–water partition coefficient (Wildman–Crippen LogP) is 3.03. The van der Waals surface area contributed by atoms with E-state index >= 15 is 0 Å². The first-order chi connectivity index (χ1) is 10.2. The lowest BCUT2D eigenvalue weighted by molar-refractivity contribution is 0.252. The SMILES string of the molecule is NCC#Cc1ccsc1CNC(=O)Nc1ccc(Cl)cc1. The van der Waals surface area contributed by atoms with Gasteiger partial charge in [0.2, 0.25) is 0 Å². The van der Waals surface area contributed by atoms with Crippen molar-refractivity contribution in [1.29, 1.82) is 0 Å². The van der Waals surface area contributed by atoms with Crippen LogP contribution in [0.25, 0.3) is 0 Å². The number of carbonyl (C=O) groups excluding carboxylic acids is 1. The average molecular weight is 320 g/mol. The standard InChI is InChI=1S/C15H14ClN3OS/c16-12-3-5-13(6-4-12)19-15(20)18-10-14-11(2-1-8-17)7-9-21-14/h3-7,9H,8,10,17H2,(H2,18,19,20). The Morgan fingerprint density at radius 1 is 1.29 bits per heavy atom. The molecule has 2 rings (SSSR count). The van der Waals surface area contributed by atoms with Crippen LogP contribution in [0.15, 0.2) is 35.7 Å². The third-order valence-electron chi connectivity index (χ3n) is 2.58. The molecule has 0 unspecified atom stereocenters. The fourth-order valence-electron chi connectivity index (χ4n) is 1.60. The van der Waals surface area contributed by atoms with Gasteiger partial charge in [0.1, 0.15) is 0 Å². The molecule has 0 aliphatic carbocycles. The molecule has 1 heterocycles. The van der Waals surface area contributed by atoms with E-state index in [0.717, 1.165) is 10.4 Å². The fraction of sp³-hybridized carbons (Fsp3) is 0.133. The summed E-state index contributed by atoms with van der Waals surface area (Å²) in [6.45, 7) is 0.742. The van der Waals surface area contributed by atoms with Gasteiger partial charge < -0.3 is 16.4 Å². The number of halogens is 1. The lowest BCUT2D eigenvalue weighted by Crippen LogP contribution is -2.28. The van der Waals surface area contributed by atoms with Crippen LogP contribution in [0.1, 0.15) is 10.4 Å². The van der Waals surface area contributed by atoms with Crippen LogP contribution in [0, 0.1) is 11.8 Å². The Morgan fingerprint density at radius 2 is 2.05 bits per heavy atom. The molecule has 4 nitrogen and oxygen atoms in total. The molecule has 0 spiro atoms. The largest absolute Gasteiger partial charge is 0.333 e. The van der Waals surface area contributed by atoms with Crippen LogP contribution in [-0.2, 0) is 6.54 Å². The summed E-state index contributed by atoms with van der Waals surface area (Å²) < 4.78 is 0. The minimum absolute atomic E-state index is 0.275. The molecule has 2 amide bonds. The maximum absolute atomic E-state index is 11.8. The molecular formula is C15H14ClN3OS. The Balaban J connectivity index is 1.89. The molecule has 0 saturated carbocycles. The molecular weight excluding hydrogens is 306 g/mol. The Bertz CT molecular complexity index is 670. The molecule has 4 N–H and O–H groups in total. The van der Waals surface area contributed by atoms with Crippen molar-refractivity contribution in [2.75, 3.05) is 11.9 Å². The quantitative estimate of drug-likeness (QED) is 0.761. The number of nitrogens with one attached hydrogen (secondary N) is 2. The van der Waals surface area contributed by atoms with Gasteiger partial charge in [-0.3, -0.25) is 0 Å². The molecule has 0 fully saturated rings. The van der Waals surface area contributed by atoms with Crippen molar-refractivity contribution in [2.45, 2.75) is 6.54 Å². The number of thiophene rings is 1. The highest BCUT2D eigenvalue weighted by Crippen LogP contribution is 2.16. The van der Waals surface area contributed by atoms with Gasteiger partial charge in [0.25, 0.3) is 0 Å². The highest BCUT2D eigenvalue weighted by Gasteiger charge is 2.05. The Kier molecular flexibility index (Phi) is 5.64. The highest BCUT2D eigenvalue weighted by atomic mass is 35.5. The van der Waals surface area contributed by atoms with E-state index in [0.29, 0.717) is 23.8 Å². The summed E-state index contributed by atoms with van der Waals surface area (Å²) in [5.74, 6) is 5.79. The van der Waals surface area contributed by atoms with Crippen molar-refractivity contribution < 1.29 is 4.79 Å². The molecule has 6 heteroatoms. The summed E-state index contributed by atoms with van der Waals surface area (Å²) >= 11 is 7.33. The molecule has 108 valence electrons. The zero-order valence-electron chi connectivity index (χ0n) is 11.2. The van der Waals surface area contributed by atoms with Gasteiger partial charge in [0.05, 0.1) is 13.1 Å². The summed E-state index contributed by atoms with van der Waals surface area (Å²) in [7, 11) is 0. The summed E-state index contributed by atoms with van der Waals surface area (Å²) in [5.41, 5.74) is 6.94. The second-order valence-corrected chi connectivity index (χ2v) is 5.52. The van der Waals surface area contributed by atoms with Crippen LogP contribution in [-0.4, -0.2) is 12.6 Å². The van der Waals surface area contributed by atoms with Crippen LogP contribution in [0.2, 0.25) is 5.02 Å². The van der Waals surface area contributed by atoms with Crippen molar-refractivity contribution in [2.24, 2.45) is 5.73 Å². The molecule has 0 bridgehead atoms. The van der Waals surface area contributed by atoms with E-state index in [4.69, 9.17) is 17.3 Å². The summed E-state index contributed by atoms with van der Waals surface area (Å²) in [5, 5.41) is 8.09. The van der Waals surface area contributed by atoms with E-state index in [-0.39, 0.29) is 6.03 Å². The van der Waals surface area contributed by atoms with E-state index in [1.54, 1.807) is 35.6 Å². The molecule has 1 aromatic carbocycles. The number of anilines is 1. The van der Waals surface area contributed by atoms with Gasteiger partial charge in [0.15, 0.2) is 0 Å². The van der Waals surface area contributed by atoms with Crippen molar-refractivity contribution in [3.05, 3.63) is 51.2 Å². The normalized spacial score (nSPS) is 9.62. The fourth-order valence-corrected chi connectivity index (χ4v) is 2.50. The molecule has 0 aliphatic rings. The van der Waals surface area contributed by atoms with Gasteiger partial charge in [-0.05, 0) is 35.7 Å². The Hall–Kier alpha value is -2.00. The second-order valence-electron chi connectivity index (χ2n) is 4.08. The number of carbonyl (C=O) groups is 1. The summed E-state index contributed by atoms with van der Waals surface area (Å²) in [6, 6.07) is 8.56. The minimum Gasteiger partial charge on any atom is -0.333 e. The van der Waals surface area contributed by atoms with Crippen LogP contribution in [0.5, 0.6) is 0 Å². The van der Waals surface area contributed by atoms with Crippen molar-refractivity contribution in [1.82, 2.24) is 5.32 Å². The summed E-state index contributed by atoms with van der Waals surface area (Å²) in [6.07, 6.45) is 0. The molecule has 0 saturated heterocycles. The number of hydrogen-bond acceptors (Lipinski definition) is 3. The highest BCUT2D eigenvalue weighted by molar-refractivity contribution is 7.10. The topological polar surface area (TPSA) is 67.1 Å². The van der Waals surface area contributed by atoms with Gasteiger partial charge in [0, 0.05) is 21.2 Å². The number of urea groups is 1. The van der Waals surface area contributed by atoms with Gasteiger partial charge in [-0.2, -0.15) is 0 Å². The molecule has 1 aromatic heterocycles. The van der Waals surface area contributed by atoms with Gasteiger partial charge in [-0.25, -0.2) is 4.79 Å². The molecule has 0 aliphatic heterocycles. The number of nitrogens with two attached hydrogens (primary N) is 1. The maximum Gasteiger partial charge on any atom is 0.319 e. The monoisotopic (exact) mass is 319 g/mol. The van der Waals surface area contributed by atoms with Crippen LogP contribution in [0.3, 0.4) is 0 Å². The third kappa shape index (κ3) is 4.80. The van der Waals surface area contributed by atoms with Crippen LogP contribution < -0.4 is 16.4 Å². The lowest BCUT2D eigenvalue weighted by atomic mass is 10.2. The van der Waals surface area contributed by atoms with Gasteiger partial charge in [-0.1, -0.05) is 23.4 Å². The lowest BCUT2D eigenvalue weighted by Gasteiger charge is -2.07. The Labute approximate surface area is 132 Å². The van der Waals surface area contributed by atoms with E-state index < -0.39 is 0 Å². The van der Waals surface area contributed by atoms with E-state index in [1.807, 2.05) is 11.4 Å². The third-order valence-corrected chi connectivity index (χ3v) is 3.76. The zero-order valence-corrected chi connectivity index (χ0v) is 12.7. The van der Waals surface area contributed by atoms with Crippen molar-refractivity contribution >= 4 is 34.7 Å². The van der Waals surface area contributed by atoms with E-state index in [9.17, 15) is 4.79 Å². The number of rotatable bonds is 3. The first-order valence-electron chi connectivity index (χ1n) is 6.25. The number of hydrogen-bond donors (Lipinski definition) is 3. The number of amides is 2. The molecule has 2 aromatic rings. The molecule has 0 radical (unpaired) electrons. The maximum atomic E-state index is 11.8. The first kappa shape index (κ1) is 15.4. The molecule has 0 atom stereocenters. The number of benzene rings is 1. The predicted molar refractivity (Wildman–Crippen MR) is 87.6 cm³/mol. The first-order valence-corrected chi connectivity index (χ1v) is 7.50. The zero-order chi connectivity index (χ0) is 15.1. The molecule has 21 heavy (non-hydrogen) atoms. The van der Waals surface area contributed by atoms with E-state index in [2.05, 4.69) is 22.5 Å². The van der Waals surface area contributed by atoms with Gasteiger partial charge in [-0.15, -0.1) is 11.3 Å². The van der Waals surface area contributed by atoms with Crippen LogP contribution in [0.4, 0.5) is 10.5 Å². The average Bonchev–Trinajstić information content (AvgIpc) is 2.93. The summed E-state index contributed by atoms with van der Waals surface area (Å²) in [4.78, 5) is 12.8. The minimum atomic E-state index is -0.275. The Morgan fingerprint density at radius 3 is 2.76 bits per heavy atom. The second kappa shape index (κ2) is 7.70. The van der Waals surface area contributed by atoms with Gasteiger partial charge >= 0.3 is 6.03 Å². The smallest absolute Gasteiger partial charge is 0.319 e. The van der Waals surface area contributed by atoms with E-state index in [1.165, 1.54) is 0 Å². The van der Waals surface area contributed by atoms with Crippen molar-refractivity contribution in [3.63, 3.8) is 0 Å². The van der Waals surface area contributed by atoms with Crippen molar-refractivity contribution in [3.8, 4) is 11.8 Å². The van der Waals surface area contributed by atoms with Crippen LogP contribution >= 0.6 is 22.9 Å².